The number of carboxylic acids is 1. The summed E-state index contributed by atoms with van der Waals surface area (Å²) in [4.78, 5) is 23.2. The molecule has 0 fully saturated rings. The van der Waals surface area contributed by atoms with E-state index in [0.29, 0.717) is 18.6 Å². The molecule has 0 unspecified atom stereocenters. The number of carbonyl (C=O) groups is 2. The molecule has 2 rings (SSSR count). The van der Waals surface area contributed by atoms with Crippen molar-refractivity contribution in [2.45, 2.75) is 11.3 Å². The molecule has 0 radical (unpaired) electrons. The second-order valence-electron chi connectivity index (χ2n) is 4.58. The highest BCUT2D eigenvalue weighted by molar-refractivity contribution is 8.00. The van der Waals surface area contributed by atoms with Gasteiger partial charge in [0.15, 0.2) is 0 Å². The first kappa shape index (κ1) is 16.1. The summed E-state index contributed by atoms with van der Waals surface area (Å²) in [5.74, 6) is -1.11. The summed E-state index contributed by atoms with van der Waals surface area (Å²) in [6, 6.07) is 16.5. The van der Waals surface area contributed by atoms with E-state index in [1.54, 1.807) is 24.3 Å². The Balaban J connectivity index is 1.77. The molecule has 2 aromatic rings. The van der Waals surface area contributed by atoms with Gasteiger partial charge in [-0.05, 0) is 29.8 Å². The quantitative estimate of drug-likeness (QED) is 0.627. The average molecular weight is 316 g/mol. The smallest absolute Gasteiger partial charge is 0.338 e. The number of hydrogen-bond donors (Lipinski definition) is 1. The molecule has 0 saturated heterocycles. The number of carboxylic acid groups (broad SMARTS) is 1. The summed E-state index contributed by atoms with van der Waals surface area (Å²) < 4.78 is 5.22. The summed E-state index contributed by atoms with van der Waals surface area (Å²) in [5, 5.41) is 8.62. The van der Waals surface area contributed by atoms with Crippen LogP contribution in [0.15, 0.2) is 59.5 Å². The van der Waals surface area contributed by atoms with Gasteiger partial charge in [0.2, 0.25) is 0 Å². The molecule has 114 valence electrons. The number of hydrogen-bond acceptors (Lipinski definition) is 4. The first-order chi connectivity index (χ1) is 10.6. The van der Waals surface area contributed by atoms with Gasteiger partial charge in [-0.3, -0.25) is 4.79 Å². The highest BCUT2D eigenvalue weighted by Gasteiger charge is 2.06. The molecule has 0 aliphatic carbocycles. The molecule has 2 aromatic carbocycles. The van der Waals surface area contributed by atoms with E-state index in [1.807, 2.05) is 30.3 Å². The molecule has 0 atom stereocenters. The van der Waals surface area contributed by atoms with Gasteiger partial charge in [-0.1, -0.05) is 30.3 Å². The molecule has 0 amide bonds. The standard InChI is InChI=1S/C17H16O4S/c18-16(19)12-22-15-8-6-13(7-9-15)10-11-21-17(20)14-4-2-1-3-5-14/h1-9H,10-12H2,(H,18,19). The van der Waals surface area contributed by atoms with E-state index in [1.165, 1.54) is 11.8 Å². The molecule has 1 N–H and O–H groups in total. The van der Waals surface area contributed by atoms with E-state index in [0.717, 1.165) is 10.5 Å². The summed E-state index contributed by atoms with van der Waals surface area (Å²) in [5.41, 5.74) is 1.59. The lowest BCUT2D eigenvalue weighted by Crippen LogP contribution is -2.07. The number of rotatable bonds is 7. The fourth-order valence-corrected chi connectivity index (χ4v) is 2.44. The van der Waals surface area contributed by atoms with Gasteiger partial charge in [-0.25, -0.2) is 4.79 Å². The molecule has 0 spiro atoms. The third-order valence-corrected chi connectivity index (χ3v) is 3.92. The van der Waals surface area contributed by atoms with E-state index in [4.69, 9.17) is 9.84 Å². The van der Waals surface area contributed by atoms with Gasteiger partial charge in [0.25, 0.3) is 0 Å². The van der Waals surface area contributed by atoms with E-state index in [2.05, 4.69) is 0 Å². The Labute approximate surface area is 133 Å². The highest BCUT2D eigenvalue weighted by atomic mass is 32.2. The van der Waals surface area contributed by atoms with Crippen LogP contribution >= 0.6 is 11.8 Å². The predicted molar refractivity (Wildman–Crippen MR) is 85.2 cm³/mol. The van der Waals surface area contributed by atoms with Gasteiger partial charge in [-0.2, -0.15) is 0 Å². The lowest BCUT2D eigenvalue weighted by atomic mass is 10.2. The number of aliphatic carboxylic acids is 1. The average Bonchev–Trinajstić information content (AvgIpc) is 2.55. The number of benzene rings is 2. The molecular formula is C17H16O4S. The lowest BCUT2D eigenvalue weighted by Gasteiger charge is -2.06. The Morgan fingerprint density at radius 1 is 1.00 bits per heavy atom. The Bertz CT molecular complexity index is 623. The van der Waals surface area contributed by atoms with E-state index in [-0.39, 0.29) is 11.7 Å². The Morgan fingerprint density at radius 2 is 1.68 bits per heavy atom. The van der Waals surface area contributed by atoms with Gasteiger partial charge >= 0.3 is 11.9 Å². The van der Waals surface area contributed by atoms with Crippen LogP contribution in [0, 0.1) is 0 Å². The molecule has 0 saturated carbocycles. The van der Waals surface area contributed by atoms with Crippen LogP contribution in [0.25, 0.3) is 0 Å². The zero-order chi connectivity index (χ0) is 15.8. The molecular weight excluding hydrogens is 300 g/mol. The second-order valence-corrected chi connectivity index (χ2v) is 5.63. The van der Waals surface area contributed by atoms with Crippen LogP contribution in [0.4, 0.5) is 0 Å². The van der Waals surface area contributed by atoms with Crippen LogP contribution in [-0.2, 0) is 16.0 Å². The number of carbonyl (C=O) groups excluding carboxylic acids is 1. The SMILES string of the molecule is O=C(O)CSc1ccc(CCOC(=O)c2ccccc2)cc1. The molecule has 5 heteroatoms. The van der Waals surface area contributed by atoms with Crippen molar-refractivity contribution in [1.29, 1.82) is 0 Å². The maximum Gasteiger partial charge on any atom is 0.338 e. The van der Waals surface area contributed by atoms with E-state index in [9.17, 15) is 9.59 Å². The topological polar surface area (TPSA) is 63.6 Å². The van der Waals surface area contributed by atoms with Crippen molar-refractivity contribution in [3.05, 3.63) is 65.7 Å². The van der Waals surface area contributed by atoms with Crippen LogP contribution in [0.3, 0.4) is 0 Å². The molecule has 0 heterocycles. The van der Waals surface area contributed by atoms with Crippen LogP contribution < -0.4 is 0 Å². The summed E-state index contributed by atoms with van der Waals surface area (Å²) >= 11 is 1.28. The Morgan fingerprint density at radius 3 is 2.32 bits per heavy atom. The molecule has 0 aliphatic rings. The first-order valence-corrected chi connectivity index (χ1v) is 7.79. The van der Waals surface area contributed by atoms with Crippen LogP contribution in [0.2, 0.25) is 0 Å². The van der Waals surface area contributed by atoms with Gasteiger partial charge in [-0.15, -0.1) is 11.8 Å². The molecule has 0 aromatic heterocycles. The van der Waals surface area contributed by atoms with Gasteiger partial charge < -0.3 is 9.84 Å². The minimum atomic E-state index is -0.832. The van der Waals surface area contributed by atoms with Gasteiger partial charge in [0, 0.05) is 11.3 Å². The normalized spacial score (nSPS) is 10.2. The Kier molecular flexibility index (Phi) is 6.03. The van der Waals surface area contributed by atoms with Crippen molar-refractivity contribution in [2.24, 2.45) is 0 Å². The first-order valence-electron chi connectivity index (χ1n) is 6.81. The molecule has 4 nitrogen and oxygen atoms in total. The van der Waals surface area contributed by atoms with Gasteiger partial charge in [0.05, 0.1) is 17.9 Å². The molecule has 0 aliphatic heterocycles. The fourth-order valence-electron chi connectivity index (χ4n) is 1.82. The van der Waals surface area contributed by atoms with Crippen molar-refractivity contribution < 1.29 is 19.4 Å². The zero-order valence-electron chi connectivity index (χ0n) is 11.9. The monoisotopic (exact) mass is 316 g/mol. The van der Waals surface area contributed by atoms with Crippen molar-refractivity contribution in [3.63, 3.8) is 0 Å². The fraction of sp³-hybridized carbons (Fsp3) is 0.176. The maximum absolute atomic E-state index is 11.8. The predicted octanol–water partition coefficient (Wildman–Crippen LogP) is 3.26. The van der Waals surface area contributed by atoms with Crippen molar-refractivity contribution >= 4 is 23.7 Å². The van der Waals surface area contributed by atoms with Crippen molar-refractivity contribution in [3.8, 4) is 0 Å². The molecule has 22 heavy (non-hydrogen) atoms. The largest absolute Gasteiger partial charge is 0.481 e. The summed E-state index contributed by atoms with van der Waals surface area (Å²) in [7, 11) is 0. The van der Waals surface area contributed by atoms with E-state index >= 15 is 0 Å². The zero-order valence-corrected chi connectivity index (χ0v) is 12.7. The number of esters is 1. The summed E-state index contributed by atoms with van der Waals surface area (Å²) in [6.45, 7) is 0.315. The summed E-state index contributed by atoms with van der Waals surface area (Å²) in [6.07, 6.45) is 0.627. The second kappa shape index (κ2) is 8.24. The highest BCUT2D eigenvalue weighted by Crippen LogP contribution is 2.18. The Hall–Kier alpha value is -2.27. The maximum atomic E-state index is 11.8. The third-order valence-electron chi connectivity index (χ3n) is 2.92. The van der Waals surface area contributed by atoms with E-state index < -0.39 is 5.97 Å². The van der Waals surface area contributed by atoms with Crippen molar-refractivity contribution in [1.82, 2.24) is 0 Å². The van der Waals surface area contributed by atoms with Crippen LogP contribution in [-0.4, -0.2) is 29.4 Å². The van der Waals surface area contributed by atoms with Crippen LogP contribution in [0.1, 0.15) is 15.9 Å². The molecule has 0 bridgehead atoms. The van der Waals surface area contributed by atoms with Gasteiger partial charge in [0.1, 0.15) is 0 Å². The minimum Gasteiger partial charge on any atom is -0.481 e. The minimum absolute atomic E-state index is 0.0496. The number of ether oxygens (including phenoxy) is 1. The van der Waals surface area contributed by atoms with Crippen LogP contribution in [0.5, 0.6) is 0 Å². The number of thioether (sulfide) groups is 1. The van der Waals surface area contributed by atoms with Crippen molar-refractivity contribution in [2.75, 3.05) is 12.4 Å². The lowest BCUT2D eigenvalue weighted by molar-refractivity contribution is -0.133. The third kappa shape index (κ3) is 5.26.